The topological polar surface area (TPSA) is 46.3 Å². The molecule has 0 fully saturated rings. The van der Waals surface area contributed by atoms with E-state index >= 15 is 0 Å². The second kappa shape index (κ2) is 6.40. The van der Waals surface area contributed by atoms with Gasteiger partial charge in [0.1, 0.15) is 0 Å². The minimum absolute atomic E-state index is 0.0714. The van der Waals surface area contributed by atoms with Crippen molar-refractivity contribution in [1.29, 1.82) is 0 Å². The second-order valence-electron chi connectivity index (χ2n) is 6.09. The lowest BCUT2D eigenvalue weighted by Crippen LogP contribution is -2.38. The molecule has 0 aromatic heterocycles. The molecule has 1 aromatic rings. The van der Waals surface area contributed by atoms with Crippen LogP contribution < -0.4 is 5.73 Å². The van der Waals surface area contributed by atoms with Crippen LogP contribution in [0.2, 0.25) is 0 Å². The van der Waals surface area contributed by atoms with Crippen molar-refractivity contribution >= 4 is 5.91 Å². The maximum Gasteiger partial charge on any atom is 0.225 e. The van der Waals surface area contributed by atoms with E-state index in [9.17, 15) is 4.79 Å². The SMILES string of the molecule is CCCC(N)c1ccc2c(c1)CN(C(=O)C(C)C)CC2. The zero-order valence-corrected chi connectivity index (χ0v) is 12.9. The van der Waals surface area contributed by atoms with E-state index in [4.69, 9.17) is 5.73 Å². The zero-order chi connectivity index (χ0) is 14.7. The third kappa shape index (κ3) is 3.21. The van der Waals surface area contributed by atoms with Crippen molar-refractivity contribution in [2.75, 3.05) is 6.54 Å². The predicted molar refractivity (Wildman–Crippen MR) is 82.2 cm³/mol. The number of hydrogen-bond donors (Lipinski definition) is 1. The van der Waals surface area contributed by atoms with E-state index in [1.54, 1.807) is 0 Å². The quantitative estimate of drug-likeness (QED) is 0.917. The molecule has 0 saturated heterocycles. The van der Waals surface area contributed by atoms with Crippen LogP contribution in [-0.2, 0) is 17.8 Å². The highest BCUT2D eigenvalue weighted by Crippen LogP contribution is 2.25. The van der Waals surface area contributed by atoms with E-state index in [0.717, 1.165) is 32.4 Å². The number of amides is 1. The summed E-state index contributed by atoms with van der Waals surface area (Å²) in [5.41, 5.74) is 10.0. The number of nitrogens with two attached hydrogens (primary N) is 1. The smallest absolute Gasteiger partial charge is 0.225 e. The van der Waals surface area contributed by atoms with Crippen LogP contribution in [0, 0.1) is 5.92 Å². The average molecular weight is 274 g/mol. The molecule has 1 atom stereocenters. The third-order valence-electron chi connectivity index (χ3n) is 4.08. The second-order valence-corrected chi connectivity index (χ2v) is 6.09. The van der Waals surface area contributed by atoms with Crippen LogP contribution in [0.4, 0.5) is 0 Å². The number of nitrogens with zero attached hydrogens (tertiary/aromatic N) is 1. The molecule has 1 amide bonds. The maximum atomic E-state index is 12.1. The number of rotatable bonds is 4. The molecule has 1 aromatic carbocycles. The van der Waals surface area contributed by atoms with Crippen molar-refractivity contribution < 1.29 is 4.79 Å². The van der Waals surface area contributed by atoms with Crippen LogP contribution >= 0.6 is 0 Å². The zero-order valence-electron chi connectivity index (χ0n) is 12.9. The molecule has 0 spiro atoms. The van der Waals surface area contributed by atoms with E-state index in [0.29, 0.717) is 0 Å². The Morgan fingerprint density at radius 1 is 1.35 bits per heavy atom. The fourth-order valence-electron chi connectivity index (χ4n) is 2.84. The fourth-order valence-corrected chi connectivity index (χ4v) is 2.84. The molecule has 2 N–H and O–H groups in total. The van der Waals surface area contributed by atoms with Crippen molar-refractivity contribution in [2.45, 2.75) is 52.6 Å². The monoisotopic (exact) mass is 274 g/mol. The lowest BCUT2D eigenvalue weighted by atomic mass is 9.93. The normalized spacial score (nSPS) is 16.1. The lowest BCUT2D eigenvalue weighted by molar-refractivity contribution is -0.135. The maximum absolute atomic E-state index is 12.1. The van der Waals surface area contributed by atoms with Gasteiger partial charge in [-0.15, -0.1) is 0 Å². The first-order chi connectivity index (χ1) is 9.52. The van der Waals surface area contributed by atoms with Gasteiger partial charge in [0.25, 0.3) is 0 Å². The first-order valence-corrected chi connectivity index (χ1v) is 7.69. The Balaban J connectivity index is 2.17. The molecule has 0 saturated carbocycles. The minimum Gasteiger partial charge on any atom is -0.338 e. The molecular weight excluding hydrogens is 248 g/mol. The highest BCUT2D eigenvalue weighted by atomic mass is 16.2. The van der Waals surface area contributed by atoms with Gasteiger partial charge >= 0.3 is 0 Å². The molecule has 3 nitrogen and oxygen atoms in total. The van der Waals surface area contributed by atoms with Gasteiger partial charge in [0.05, 0.1) is 0 Å². The van der Waals surface area contributed by atoms with Crippen molar-refractivity contribution in [1.82, 2.24) is 4.90 Å². The Bertz CT molecular complexity index is 482. The Morgan fingerprint density at radius 3 is 2.75 bits per heavy atom. The summed E-state index contributed by atoms with van der Waals surface area (Å²) in [6.45, 7) is 7.65. The van der Waals surface area contributed by atoms with Gasteiger partial charge in [-0.3, -0.25) is 4.79 Å². The van der Waals surface area contributed by atoms with Gasteiger partial charge in [0, 0.05) is 25.0 Å². The Labute approximate surface area is 122 Å². The molecule has 1 unspecified atom stereocenters. The number of carbonyl (C=O) groups is 1. The molecule has 20 heavy (non-hydrogen) atoms. The summed E-state index contributed by atoms with van der Waals surface area (Å²) in [4.78, 5) is 14.1. The summed E-state index contributed by atoms with van der Waals surface area (Å²) in [5.74, 6) is 0.320. The number of fused-ring (bicyclic) bond motifs is 1. The summed E-state index contributed by atoms with van der Waals surface area (Å²) in [6.07, 6.45) is 3.06. The fraction of sp³-hybridized carbons (Fsp3) is 0.588. The molecular formula is C17H26N2O. The Kier molecular flexibility index (Phi) is 4.81. The molecule has 0 bridgehead atoms. The largest absolute Gasteiger partial charge is 0.338 e. The minimum atomic E-state index is 0.0714. The van der Waals surface area contributed by atoms with Crippen LogP contribution in [0.15, 0.2) is 18.2 Å². The predicted octanol–water partition coefficient (Wildman–Crippen LogP) is 3.03. The number of benzene rings is 1. The van der Waals surface area contributed by atoms with Gasteiger partial charge in [-0.05, 0) is 29.5 Å². The Hall–Kier alpha value is -1.35. The summed E-state index contributed by atoms with van der Waals surface area (Å²) in [5, 5.41) is 0. The van der Waals surface area contributed by atoms with Crippen molar-refractivity contribution in [3.8, 4) is 0 Å². The van der Waals surface area contributed by atoms with Gasteiger partial charge in [0.15, 0.2) is 0 Å². The molecule has 110 valence electrons. The standard InChI is InChI=1S/C17H26N2O/c1-4-5-16(18)14-7-6-13-8-9-19(11-15(13)10-14)17(20)12(2)3/h6-7,10,12,16H,4-5,8-9,11,18H2,1-3H3. The summed E-state index contributed by atoms with van der Waals surface area (Å²) in [7, 11) is 0. The molecule has 1 aliphatic heterocycles. The van der Waals surface area contributed by atoms with Crippen LogP contribution in [0.3, 0.4) is 0 Å². The molecule has 0 radical (unpaired) electrons. The van der Waals surface area contributed by atoms with Gasteiger partial charge < -0.3 is 10.6 Å². The van der Waals surface area contributed by atoms with Crippen molar-refractivity contribution in [3.05, 3.63) is 34.9 Å². The van der Waals surface area contributed by atoms with E-state index in [1.807, 2.05) is 18.7 Å². The van der Waals surface area contributed by atoms with Crippen LogP contribution in [0.1, 0.15) is 56.3 Å². The number of hydrogen-bond acceptors (Lipinski definition) is 2. The third-order valence-corrected chi connectivity index (χ3v) is 4.08. The molecule has 3 heteroatoms. The van der Waals surface area contributed by atoms with E-state index < -0.39 is 0 Å². The lowest BCUT2D eigenvalue weighted by Gasteiger charge is -2.31. The summed E-state index contributed by atoms with van der Waals surface area (Å²) in [6, 6.07) is 6.66. The van der Waals surface area contributed by atoms with Gasteiger partial charge in [-0.25, -0.2) is 0 Å². The first-order valence-electron chi connectivity index (χ1n) is 7.69. The molecule has 2 rings (SSSR count). The number of carbonyl (C=O) groups excluding carboxylic acids is 1. The van der Waals surface area contributed by atoms with Gasteiger partial charge in [0.2, 0.25) is 5.91 Å². The van der Waals surface area contributed by atoms with Crippen molar-refractivity contribution in [2.24, 2.45) is 11.7 Å². The Morgan fingerprint density at radius 2 is 2.10 bits per heavy atom. The van der Waals surface area contributed by atoms with E-state index in [2.05, 4.69) is 25.1 Å². The summed E-state index contributed by atoms with van der Waals surface area (Å²) < 4.78 is 0. The van der Waals surface area contributed by atoms with Gasteiger partial charge in [-0.1, -0.05) is 45.4 Å². The van der Waals surface area contributed by atoms with Crippen molar-refractivity contribution in [3.63, 3.8) is 0 Å². The molecule has 0 aliphatic carbocycles. The van der Waals surface area contributed by atoms with Gasteiger partial charge in [-0.2, -0.15) is 0 Å². The molecule has 1 heterocycles. The summed E-state index contributed by atoms with van der Waals surface area (Å²) >= 11 is 0. The highest BCUT2D eigenvalue weighted by Gasteiger charge is 2.23. The first kappa shape index (κ1) is 15.0. The average Bonchev–Trinajstić information content (AvgIpc) is 2.45. The van der Waals surface area contributed by atoms with Crippen LogP contribution in [0.25, 0.3) is 0 Å². The molecule has 1 aliphatic rings. The van der Waals surface area contributed by atoms with E-state index in [1.165, 1.54) is 16.7 Å². The highest BCUT2D eigenvalue weighted by molar-refractivity contribution is 5.78. The van der Waals surface area contributed by atoms with E-state index in [-0.39, 0.29) is 17.9 Å². The van der Waals surface area contributed by atoms with Crippen LogP contribution in [-0.4, -0.2) is 17.4 Å². The van der Waals surface area contributed by atoms with Crippen LogP contribution in [0.5, 0.6) is 0 Å².